The molecule has 134 valence electrons. The van der Waals surface area contributed by atoms with Gasteiger partial charge < -0.3 is 5.11 Å². The number of carbonyl (C=O) groups excluding carboxylic acids is 1. The summed E-state index contributed by atoms with van der Waals surface area (Å²) in [6.07, 6.45) is 0. The Labute approximate surface area is 159 Å². The van der Waals surface area contributed by atoms with Crippen LogP contribution in [0, 0.1) is 5.41 Å². The first-order valence-electron chi connectivity index (χ1n) is 9.14. The lowest BCUT2D eigenvalue weighted by Crippen LogP contribution is -2.20. The molecule has 0 aliphatic heterocycles. The third-order valence-corrected chi connectivity index (χ3v) is 4.92. The van der Waals surface area contributed by atoms with Crippen molar-refractivity contribution in [3.63, 3.8) is 0 Å². The summed E-state index contributed by atoms with van der Waals surface area (Å²) in [4.78, 5) is 12.8. The van der Waals surface area contributed by atoms with Crippen LogP contribution in [0.2, 0.25) is 0 Å². The highest BCUT2D eigenvalue weighted by Gasteiger charge is 2.24. The van der Waals surface area contributed by atoms with Gasteiger partial charge in [0.1, 0.15) is 5.75 Å². The summed E-state index contributed by atoms with van der Waals surface area (Å²) in [6, 6.07) is 23.8. The Morgan fingerprint density at radius 3 is 1.89 bits per heavy atom. The summed E-state index contributed by atoms with van der Waals surface area (Å²) < 4.78 is 0. The van der Waals surface area contributed by atoms with Crippen molar-refractivity contribution in [1.29, 1.82) is 0 Å². The SMILES string of the molecule is CC(C)(C)C(=O)c1cc(O)cc(-c2c3ccccc3cc3ccccc23)c1. The zero-order chi connectivity index (χ0) is 19.2. The van der Waals surface area contributed by atoms with E-state index in [9.17, 15) is 9.90 Å². The smallest absolute Gasteiger partial charge is 0.168 e. The van der Waals surface area contributed by atoms with Gasteiger partial charge in [-0.2, -0.15) is 0 Å². The maximum absolute atomic E-state index is 12.8. The van der Waals surface area contributed by atoms with Gasteiger partial charge in [-0.3, -0.25) is 4.79 Å². The number of phenols is 1. The van der Waals surface area contributed by atoms with Crippen LogP contribution in [0.4, 0.5) is 0 Å². The molecular formula is C25H22O2. The second-order valence-corrected chi connectivity index (χ2v) is 8.04. The molecule has 0 saturated heterocycles. The van der Waals surface area contributed by atoms with E-state index in [4.69, 9.17) is 0 Å². The fourth-order valence-electron chi connectivity index (χ4n) is 3.64. The van der Waals surface area contributed by atoms with Gasteiger partial charge in [0.2, 0.25) is 0 Å². The van der Waals surface area contributed by atoms with E-state index in [0.29, 0.717) is 5.56 Å². The van der Waals surface area contributed by atoms with Crippen molar-refractivity contribution < 1.29 is 9.90 Å². The number of Topliss-reactive ketones (excluding diaryl/α,β-unsaturated/α-hetero) is 1. The molecule has 4 aromatic rings. The van der Waals surface area contributed by atoms with Crippen molar-refractivity contribution in [3.05, 3.63) is 78.4 Å². The summed E-state index contributed by atoms with van der Waals surface area (Å²) >= 11 is 0. The van der Waals surface area contributed by atoms with E-state index in [0.717, 1.165) is 32.7 Å². The zero-order valence-electron chi connectivity index (χ0n) is 15.8. The summed E-state index contributed by atoms with van der Waals surface area (Å²) in [5.41, 5.74) is 1.93. The van der Waals surface area contributed by atoms with Gasteiger partial charge in [-0.1, -0.05) is 69.3 Å². The zero-order valence-corrected chi connectivity index (χ0v) is 15.8. The van der Waals surface area contributed by atoms with E-state index in [1.165, 1.54) is 0 Å². The van der Waals surface area contributed by atoms with Gasteiger partial charge in [0.15, 0.2) is 5.78 Å². The van der Waals surface area contributed by atoms with Crippen molar-refractivity contribution in [3.8, 4) is 16.9 Å². The molecule has 1 N–H and O–H groups in total. The minimum Gasteiger partial charge on any atom is -0.508 e. The van der Waals surface area contributed by atoms with E-state index in [1.54, 1.807) is 12.1 Å². The Morgan fingerprint density at radius 1 is 0.778 bits per heavy atom. The molecule has 0 radical (unpaired) electrons. The number of carbonyl (C=O) groups is 1. The molecule has 0 aliphatic carbocycles. The highest BCUT2D eigenvalue weighted by Crippen LogP contribution is 2.38. The van der Waals surface area contributed by atoms with Crippen LogP contribution in [0.5, 0.6) is 5.75 Å². The minimum atomic E-state index is -0.508. The lowest BCUT2D eigenvalue weighted by Gasteiger charge is -2.18. The van der Waals surface area contributed by atoms with Crippen LogP contribution in [-0.4, -0.2) is 10.9 Å². The number of fused-ring (bicyclic) bond motifs is 2. The molecule has 0 spiro atoms. The molecule has 0 atom stereocenters. The molecule has 4 rings (SSSR count). The molecule has 0 amide bonds. The second-order valence-electron chi connectivity index (χ2n) is 8.04. The standard InChI is InChI=1S/C25H22O2/c1-25(2,3)24(27)19-13-18(14-20(26)15-19)23-21-10-6-4-8-16(21)12-17-9-5-7-11-22(17)23/h4-15,26H,1-3H3. The van der Waals surface area contributed by atoms with Crippen molar-refractivity contribution in [1.82, 2.24) is 0 Å². The van der Waals surface area contributed by atoms with Gasteiger partial charge in [0, 0.05) is 11.0 Å². The van der Waals surface area contributed by atoms with Crippen molar-refractivity contribution in [2.24, 2.45) is 5.41 Å². The monoisotopic (exact) mass is 354 g/mol. The predicted octanol–water partition coefficient (Wildman–Crippen LogP) is 6.59. The number of aromatic hydroxyl groups is 1. The Kier molecular flexibility index (Phi) is 4.00. The topological polar surface area (TPSA) is 37.3 Å². The summed E-state index contributed by atoms with van der Waals surface area (Å²) in [5, 5.41) is 14.9. The van der Waals surface area contributed by atoms with Crippen molar-refractivity contribution in [2.45, 2.75) is 20.8 Å². The highest BCUT2D eigenvalue weighted by molar-refractivity contribution is 6.13. The molecular weight excluding hydrogens is 332 g/mol. The second kappa shape index (κ2) is 6.24. The van der Waals surface area contributed by atoms with Gasteiger partial charge in [-0.05, 0) is 56.9 Å². The predicted molar refractivity (Wildman–Crippen MR) is 112 cm³/mol. The fourth-order valence-corrected chi connectivity index (χ4v) is 3.64. The summed E-state index contributed by atoms with van der Waals surface area (Å²) in [7, 11) is 0. The maximum atomic E-state index is 12.8. The van der Waals surface area contributed by atoms with Crippen molar-refractivity contribution >= 4 is 27.3 Å². The number of hydrogen-bond acceptors (Lipinski definition) is 2. The molecule has 0 unspecified atom stereocenters. The van der Waals surface area contributed by atoms with Crippen LogP contribution in [0.3, 0.4) is 0 Å². The largest absolute Gasteiger partial charge is 0.508 e. The number of rotatable bonds is 2. The molecule has 0 aromatic heterocycles. The van der Waals surface area contributed by atoms with Crippen molar-refractivity contribution in [2.75, 3.05) is 0 Å². The first kappa shape index (κ1) is 17.3. The number of hydrogen-bond donors (Lipinski definition) is 1. The average molecular weight is 354 g/mol. The number of ketones is 1. The Bertz CT molecular complexity index is 1130. The van der Waals surface area contributed by atoms with Gasteiger partial charge in [-0.15, -0.1) is 0 Å². The van der Waals surface area contributed by atoms with Crippen LogP contribution in [0.25, 0.3) is 32.7 Å². The van der Waals surface area contributed by atoms with Gasteiger partial charge in [-0.25, -0.2) is 0 Å². The summed E-state index contributed by atoms with van der Waals surface area (Å²) in [6.45, 7) is 5.69. The van der Waals surface area contributed by atoms with E-state index >= 15 is 0 Å². The van der Waals surface area contributed by atoms with Crippen LogP contribution in [0.15, 0.2) is 72.8 Å². The van der Waals surface area contributed by atoms with Crippen LogP contribution in [-0.2, 0) is 0 Å². The van der Waals surface area contributed by atoms with Crippen LogP contribution < -0.4 is 0 Å². The normalized spacial score (nSPS) is 11.8. The molecule has 0 aliphatic rings. The molecule has 0 bridgehead atoms. The molecule has 27 heavy (non-hydrogen) atoms. The van der Waals surface area contributed by atoms with E-state index in [-0.39, 0.29) is 11.5 Å². The first-order valence-corrected chi connectivity index (χ1v) is 9.14. The molecule has 2 heteroatoms. The average Bonchev–Trinajstić information content (AvgIpc) is 2.64. The molecule has 0 heterocycles. The molecule has 0 saturated carbocycles. The maximum Gasteiger partial charge on any atom is 0.168 e. The van der Waals surface area contributed by atoms with Gasteiger partial charge in [0.25, 0.3) is 0 Å². The molecule has 2 nitrogen and oxygen atoms in total. The van der Waals surface area contributed by atoms with E-state index in [2.05, 4.69) is 30.3 Å². The Hall–Kier alpha value is -3.13. The highest BCUT2D eigenvalue weighted by atomic mass is 16.3. The quantitative estimate of drug-likeness (QED) is 0.325. The van der Waals surface area contributed by atoms with E-state index in [1.807, 2.05) is 51.1 Å². The fraction of sp³-hybridized carbons (Fsp3) is 0.160. The van der Waals surface area contributed by atoms with Gasteiger partial charge in [0.05, 0.1) is 0 Å². The molecule has 0 fully saturated rings. The Morgan fingerprint density at radius 2 is 1.33 bits per heavy atom. The Balaban J connectivity index is 2.07. The number of phenolic OH excluding ortho intramolecular Hbond substituents is 1. The van der Waals surface area contributed by atoms with E-state index < -0.39 is 5.41 Å². The third-order valence-electron chi connectivity index (χ3n) is 4.92. The first-order chi connectivity index (χ1) is 12.8. The lowest BCUT2D eigenvalue weighted by atomic mass is 9.84. The molecule has 4 aromatic carbocycles. The van der Waals surface area contributed by atoms with Crippen LogP contribution >= 0.6 is 0 Å². The van der Waals surface area contributed by atoms with Gasteiger partial charge >= 0.3 is 0 Å². The summed E-state index contributed by atoms with van der Waals surface area (Å²) in [5.74, 6) is 0.126. The lowest BCUT2D eigenvalue weighted by molar-refractivity contribution is 0.0858. The minimum absolute atomic E-state index is 0.0178. The third kappa shape index (κ3) is 3.08. The van der Waals surface area contributed by atoms with Crippen LogP contribution in [0.1, 0.15) is 31.1 Å². The number of benzene rings is 4.